The topological polar surface area (TPSA) is 51.1 Å². The second-order valence-corrected chi connectivity index (χ2v) is 9.20. The van der Waals surface area contributed by atoms with Gasteiger partial charge in [0.15, 0.2) is 0 Å². The Hall–Kier alpha value is -3.44. The van der Waals surface area contributed by atoms with Gasteiger partial charge >= 0.3 is 0 Å². The van der Waals surface area contributed by atoms with E-state index in [4.69, 9.17) is 11.6 Å². The average molecular weight is 475 g/mol. The van der Waals surface area contributed by atoms with Crippen molar-refractivity contribution in [1.29, 1.82) is 0 Å². The van der Waals surface area contributed by atoms with E-state index in [1.807, 2.05) is 30.3 Å². The molecule has 3 aromatic carbocycles. The van der Waals surface area contributed by atoms with Gasteiger partial charge in [0.05, 0.1) is 22.0 Å². The first-order chi connectivity index (χ1) is 16.5. The number of nitrogens with zero attached hydrogens (tertiary/aromatic N) is 1. The van der Waals surface area contributed by atoms with E-state index in [0.29, 0.717) is 32.7 Å². The predicted octanol–water partition coefficient (Wildman–Crippen LogP) is 6.36. The number of benzene rings is 3. The van der Waals surface area contributed by atoms with Gasteiger partial charge in [0.2, 0.25) is 0 Å². The monoisotopic (exact) mass is 474 g/mol. The van der Waals surface area contributed by atoms with Crippen LogP contribution in [0.4, 0.5) is 4.39 Å². The highest BCUT2D eigenvalue weighted by Crippen LogP contribution is 2.38. The van der Waals surface area contributed by atoms with Crippen LogP contribution in [0, 0.1) is 18.7 Å². The zero-order valence-corrected chi connectivity index (χ0v) is 19.5. The van der Waals surface area contributed by atoms with Gasteiger partial charge in [0.1, 0.15) is 5.82 Å². The summed E-state index contributed by atoms with van der Waals surface area (Å²) in [6, 6.07) is 20.4. The molecule has 1 aromatic heterocycles. The molecule has 34 heavy (non-hydrogen) atoms. The van der Waals surface area contributed by atoms with Crippen LogP contribution < -0.4 is 10.9 Å². The van der Waals surface area contributed by atoms with Crippen molar-refractivity contribution in [2.75, 3.05) is 0 Å². The third kappa shape index (κ3) is 3.90. The first-order valence-electron chi connectivity index (χ1n) is 11.4. The molecule has 1 saturated carbocycles. The first-order valence-corrected chi connectivity index (χ1v) is 11.8. The second kappa shape index (κ2) is 9.07. The number of rotatable bonds is 5. The highest BCUT2D eigenvalue weighted by molar-refractivity contribution is 6.36. The van der Waals surface area contributed by atoms with E-state index < -0.39 is 0 Å². The number of amides is 1. The van der Waals surface area contributed by atoms with E-state index in [-0.39, 0.29) is 29.2 Å². The molecule has 1 fully saturated rings. The normalized spacial score (nSPS) is 14.6. The average Bonchev–Trinajstić information content (AvgIpc) is 2.79. The van der Waals surface area contributed by atoms with Crippen molar-refractivity contribution in [3.63, 3.8) is 0 Å². The molecule has 1 atom stereocenters. The molecule has 0 radical (unpaired) electrons. The summed E-state index contributed by atoms with van der Waals surface area (Å²) in [5, 5.41) is 4.33. The lowest BCUT2D eigenvalue weighted by atomic mass is 9.77. The second-order valence-electron chi connectivity index (χ2n) is 8.79. The lowest BCUT2D eigenvalue weighted by molar-refractivity contribution is 0.0901. The van der Waals surface area contributed by atoms with Crippen LogP contribution in [-0.4, -0.2) is 10.5 Å². The largest absolute Gasteiger partial charge is 0.345 e. The molecular formula is C28H24ClFN2O2. The molecule has 5 rings (SSSR count). The molecule has 1 amide bonds. The fraction of sp³-hybridized carbons (Fsp3) is 0.214. The number of hydrogen-bond donors (Lipinski definition) is 1. The fourth-order valence-electron chi connectivity index (χ4n) is 4.83. The van der Waals surface area contributed by atoms with Crippen LogP contribution in [0.25, 0.3) is 16.5 Å². The van der Waals surface area contributed by atoms with Crippen molar-refractivity contribution < 1.29 is 9.18 Å². The maximum atomic E-state index is 13.8. The Kier molecular flexibility index (Phi) is 5.96. The Bertz CT molecular complexity index is 1430. The summed E-state index contributed by atoms with van der Waals surface area (Å²) < 4.78 is 15.1. The number of halogens is 2. The van der Waals surface area contributed by atoms with Crippen LogP contribution in [0.15, 0.2) is 77.6 Å². The summed E-state index contributed by atoms with van der Waals surface area (Å²) in [7, 11) is 0. The van der Waals surface area contributed by atoms with Gasteiger partial charge in [-0.15, -0.1) is 0 Å². The minimum atomic E-state index is -0.311. The van der Waals surface area contributed by atoms with Crippen molar-refractivity contribution in [2.24, 2.45) is 5.92 Å². The zero-order valence-electron chi connectivity index (χ0n) is 18.7. The Morgan fingerprint density at radius 2 is 1.74 bits per heavy atom. The molecule has 1 N–H and O–H groups in total. The van der Waals surface area contributed by atoms with E-state index in [1.54, 1.807) is 41.8 Å². The van der Waals surface area contributed by atoms with Crippen molar-refractivity contribution in [2.45, 2.75) is 32.2 Å². The van der Waals surface area contributed by atoms with Crippen molar-refractivity contribution in [3.05, 3.63) is 111 Å². The smallest absolute Gasteiger partial charge is 0.264 e. The van der Waals surface area contributed by atoms with Crippen LogP contribution in [0.3, 0.4) is 0 Å². The SMILES string of the molecule is Cc1c(C(=O)N[C@H](c2ccc(F)cc2)C2CCC2)c2cccc(Cl)c2c(=O)n1-c1ccccc1. The molecule has 1 heterocycles. The van der Waals surface area contributed by atoms with Gasteiger partial charge in [-0.2, -0.15) is 0 Å². The Morgan fingerprint density at radius 3 is 2.38 bits per heavy atom. The number of hydrogen-bond acceptors (Lipinski definition) is 2. The highest BCUT2D eigenvalue weighted by Gasteiger charge is 2.31. The molecule has 1 aliphatic rings. The number of aromatic nitrogens is 1. The number of nitrogens with one attached hydrogen (secondary N) is 1. The summed E-state index contributed by atoms with van der Waals surface area (Å²) in [6.45, 7) is 1.78. The van der Waals surface area contributed by atoms with Gasteiger partial charge in [-0.25, -0.2) is 4.39 Å². The van der Waals surface area contributed by atoms with Gasteiger partial charge in [-0.3, -0.25) is 14.2 Å². The van der Waals surface area contributed by atoms with Crippen molar-refractivity contribution >= 4 is 28.3 Å². The van der Waals surface area contributed by atoms with Gasteiger partial charge in [-0.1, -0.05) is 60.5 Å². The molecule has 0 saturated heterocycles. The van der Waals surface area contributed by atoms with Crippen LogP contribution in [0.2, 0.25) is 5.02 Å². The quantitative estimate of drug-likeness (QED) is 0.365. The summed E-state index contributed by atoms with van der Waals surface area (Å²) in [5.74, 6) is -0.311. The Balaban J connectivity index is 1.66. The van der Waals surface area contributed by atoms with Gasteiger partial charge in [0.25, 0.3) is 11.5 Å². The maximum absolute atomic E-state index is 13.8. The van der Waals surface area contributed by atoms with E-state index in [0.717, 1.165) is 24.8 Å². The predicted molar refractivity (Wildman–Crippen MR) is 133 cm³/mol. The third-order valence-corrected chi connectivity index (χ3v) is 7.09. The minimum absolute atomic E-state index is 0.243. The number of fused-ring (bicyclic) bond motifs is 1. The van der Waals surface area contributed by atoms with Gasteiger partial charge in [0, 0.05) is 16.8 Å². The number of carbonyl (C=O) groups is 1. The summed E-state index contributed by atoms with van der Waals surface area (Å²) in [5.41, 5.74) is 2.21. The molecule has 172 valence electrons. The van der Waals surface area contributed by atoms with Crippen LogP contribution >= 0.6 is 11.6 Å². The molecule has 4 nitrogen and oxygen atoms in total. The van der Waals surface area contributed by atoms with E-state index in [9.17, 15) is 14.0 Å². The van der Waals surface area contributed by atoms with E-state index in [2.05, 4.69) is 5.32 Å². The molecule has 4 aromatic rings. The van der Waals surface area contributed by atoms with Crippen LogP contribution in [0.5, 0.6) is 0 Å². The fourth-order valence-corrected chi connectivity index (χ4v) is 5.08. The Morgan fingerprint density at radius 1 is 1.03 bits per heavy atom. The molecule has 1 aliphatic carbocycles. The van der Waals surface area contributed by atoms with E-state index >= 15 is 0 Å². The molecular weight excluding hydrogens is 451 g/mol. The first kappa shape index (κ1) is 22.4. The number of carbonyl (C=O) groups excluding carboxylic acids is 1. The van der Waals surface area contributed by atoms with Gasteiger partial charge < -0.3 is 5.32 Å². The lowest BCUT2D eigenvalue weighted by Crippen LogP contribution is -2.37. The molecule has 0 spiro atoms. The summed E-state index contributed by atoms with van der Waals surface area (Å²) in [4.78, 5) is 27.3. The maximum Gasteiger partial charge on any atom is 0.264 e. The molecule has 0 bridgehead atoms. The lowest BCUT2D eigenvalue weighted by Gasteiger charge is -2.35. The molecule has 0 aliphatic heterocycles. The summed E-state index contributed by atoms with van der Waals surface area (Å²) in [6.07, 6.45) is 3.10. The van der Waals surface area contributed by atoms with Crippen LogP contribution in [0.1, 0.15) is 46.9 Å². The molecule has 6 heteroatoms. The number of pyridine rings is 1. The van der Waals surface area contributed by atoms with Crippen molar-refractivity contribution in [3.8, 4) is 5.69 Å². The summed E-state index contributed by atoms with van der Waals surface area (Å²) >= 11 is 6.47. The van der Waals surface area contributed by atoms with Crippen LogP contribution in [-0.2, 0) is 0 Å². The highest BCUT2D eigenvalue weighted by atomic mass is 35.5. The third-order valence-electron chi connectivity index (χ3n) is 6.78. The van der Waals surface area contributed by atoms with Crippen molar-refractivity contribution in [1.82, 2.24) is 9.88 Å². The Labute approximate surface area is 202 Å². The zero-order chi connectivity index (χ0) is 23.8. The number of para-hydroxylation sites is 1. The minimum Gasteiger partial charge on any atom is -0.345 e. The molecule has 0 unspecified atom stereocenters. The van der Waals surface area contributed by atoms with E-state index in [1.165, 1.54) is 12.1 Å². The van der Waals surface area contributed by atoms with Gasteiger partial charge in [-0.05, 0) is 61.6 Å². The standard InChI is InChI=1S/C28H24ClFN2O2/c1-17-24(27(33)31-26(18-7-5-8-18)19-13-15-20(30)16-14-19)22-11-6-12-23(29)25(22)28(34)32(17)21-9-3-2-4-10-21/h2-4,6,9-16,18,26H,5,7-8H2,1H3,(H,31,33)/t26-/m0/s1.